The number of aliphatic hydroxyl groups excluding tert-OH is 2. The number of carbonyl (C=O) groups is 2. The van der Waals surface area contributed by atoms with Crippen molar-refractivity contribution in [1.82, 2.24) is 0 Å². The largest absolute Gasteiger partial charge is 1.00 e. The minimum atomic E-state index is -1.86. The van der Waals surface area contributed by atoms with Crippen LogP contribution in [0.5, 0.6) is 23.0 Å². The fraction of sp³-hybridized carbons (Fsp3) is 0.222. The van der Waals surface area contributed by atoms with Crippen LogP contribution in [0.4, 0.5) is 0 Å². The van der Waals surface area contributed by atoms with Gasteiger partial charge in [0.15, 0.2) is 23.0 Å². The number of hydrogen-bond acceptors (Lipinski definition) is 10. The van der Waals surface area contributed by atoms with Crippen LogP contribution in [0.15, 0.2) is 36.4 Å². The van der Waals surface area contributed by atoms with Gasteiger partial charge < -0.3 is 49.7 Å². The van der Waals surface area contributed by atoms with Gasteiger partial charge in [0.2, 0.25) is 0 Å². The molecule has 12 heteroatoms. The average molecular weight is 440 g/mol. The molecule has 4 N–H and O–H groups in total. The Labute approximate surface area is 216 Å². The molecule has 0 aliphatic carbocycles. The van der Waals surface area contributed by atoms with Gasteiger partial charge in [-0.3, -0.25) is 0 Å². The number of carboxylic acids is 2. The molecule has 0 radical (unpaired) electrons. The Morgan fingerprint density at radius 3 is 1.30 bits per heavy atom. The second-order valence-corrected chi connectivity index (χ2v) is 5.24. The number of phenols is 2. The maximum atomic E-state index is 10.3. The molecule has 2 atom stereocenters. The van der Waals surface area contributed by atoms with Gasteiger partial charge in [0.1, 0.15) is 12.2 Å². The topological polar surface area (TPSA) is 180 Å². The number of aromatic hydroxyl groups is 2. The Hall–Kier alpha value is -1.50. The van der Waals surface area contributed by atoms with Crippen molar-refractivity contribution in [3.8, 4) is 23.0 Å². The summed E-state index contributed by atoms with van der Waals surface area (Å²) < 4.78 is 9.48. The predicted octanol–water partition coefficient (Wildman–Crippen LogP) is -7.62. The molecule has 0 fully saturated rings. The van der Waals surface area contributed by atoms with Crippen molar-refractivity contribution >= 4 is 11.9 Å². The van der Waals surface area contributed by atoms with Crippen LogP contribution in [0.25, 0.3) is 0 Å². The molecular weight excluding hydrogens is 422 g/mol. The molecule has 0 spiro atoms. The van der Waals surface area contributed by atoms with Crippen LogP contribution in [0.1, 0.15) is 23.3 Å². The molecule has 10 nitrogen and oxygen atoms in total. The molecular formula is C18H18Na2O10. The predicted molar refractivity (Wildman–Crippen MR) is 89.3 cm³/mol. The van der Waals surface area contributed by atoms with Crippen molar-refractivity contribution in [2.45, 2.75) is 12.2 Å². The second kappa shape index (κ2) is 14.5. The summed E-state index contributed by atoms with van der Waals surface area (Å²) in [4.78, 5) is 20.7. The van der Waals surface area contributed by atoms with Crippen LogP contribution in [0.2, 0.25) is 0 Å². The molecule has 0 heterocycles. The number of carboxylic acid groups (broad SMARTS) is 2. The van der Waals surface area contributed by atoms with Crippen molar-refractivity contribution in [2.75, 3.05) is 14.2 Å². The number of hydrogen-bond donors (Lipinski definition) is 4. The fourth-order valence-corrected chi connectivity index (χ4v) is 2.10. The number of methoxy groups -OCH3 is 2. The third kappa shape index (κ3) is 7.97. The monoisotopic (exact) mass is 440 g/mol. The van der Waals surface area contributed by atoms with E-state index in [0.717, 1.165) is 0 Å². The second-order valence-electron chi connectivity index (χ2n) is 5.24. The summed E-state index contributed by atoms with van der Waals surface area (Å²) in [5.41, 5.74) is -0.297. The van der Waals surface area contributed by atoms with Gasteiger partial charge in [-0.1, -0.05) is 24.3 Å². The first-order valence-corrected chi connectivity index (χ1v) is 7.65. The summed E-state index contributed by atoms with van der Waals surface area (Å²) >= 11 is 0. The molecule has 2 aromatic rings. The molecule has 30 heavy (non-hydrogen) atoms. The van der Waals surface area contributed by atoms with Gasteiger partial charge in [0.25, 0.3) is 0 Å². The van der Waals surface area contributed by atoms with Crippen LogP contribution in [0, 0.1) is 0 Å². The Kier molecular flexibility index (Phi) is 14.8. The minimum Gasteiger partial charge on any atom is -0.547 e. The molecule has 152 valence electrons. The number of benzene rings is 2. The fourth-order valence-electron chi connectivity index (χ4n) is 2.10. The summed E-state index contributed by atoms with van der Waals surface area (Å²) in [6.07, 6.45) is -3.71. The van der Waals surface area contributed by atoms with Crippen LogP contribution >= 0.6 is 0 Å². The standard InChI is InChI=1S/2C9H10O5.2Na/c2*1-14-6-4-2-3-5(7(6)10)8(11)9(12)13;;/h2*2-4,8,10-11H,1H3,(H,12,13);;/q;;2*+1/p-2. The van der Waals surface area contributed by atoms with Crippen LogP contribution in [0.3, 0.4) is 0 Å². The van der Waals surface area contributed by atoms with Gasteiger partial charge in [-0.15, -0.1) is 0 Å². The summed E-state index contributed by atoms with van der Waals surface area (Å²) in [6.45, 7) is 0. The van der Waals surface area contributed by atoms with E-state index in [-0.39, 0.29) is 81.7 Å². The van der Waals surface area contributed by atoms with Crippen molar-refractivity contribution in [3.05, 3.63) is 47.5 Å². The van der Waals surface area contributed by atoms with E-state index in [1.165, 1.54) is 50.6 Å². The van der Waals surface area contributed by atoms with Crippen molar-refractivity contribution in [1.29, 1.82) is 0 Å². The summed E-state index contributed by atoms with van der Waals surface area (Å²) in [7, 11) is 2.65. The normalized spacial score (nSPS) is 11.3. The Balaban J connectivity index is 0. The maximum absolute atomic E-state index is 10.3. The van der Waals surface area contributed by atoms with E-state index in [0.29, 0.717) is 0 Å². The number of aliphatic carboxylic acids is 2. The third-order valence-electron chi connectivity index (χ3n) is 3.54. The van der Waals surface area contributed by atoms with E-state index in [9.17, 15) is 30.0 Å². The molecule has 0 aromatic heterocycles. The minimum absolute atomic E-state index is 0. The van der Waals surface area contributed by atoms with E-state index in [1.54, 1.807) is 0 Å². The SMILES string of the molecule is COc1cccc(C(O)C(=O)[O-])c1O.COc1cccc(C(O)C(=O)[O-])c1O.[Na+].[Na+]. The van der Waals surface area contributed by atoms with E-state index in [2.05, 4.69) is 0 Å². The van der Waals surface area contributed by atoms with E-state index >= 15 is 0 Å². The van der Waals surface area contributed by atoms with Crippen molar-refractivity contribution in [2.24, 2.45) is 0 Å². The average Bonchev–Trinajstić information content (AvgIpc) is 2.67. The number of rotatable bonds is 6. The van der Waals surface area contributed by atoms with Gasteiger partial charge in [0.05, 0.1) is 26.2 Å². The Morgan fingerprint density at radius 1 is 0.767 bits per heavy atom. The maximum Gasteiger partial charge on any atom is 1.00 e. The van der Waals surface area contributed by atoms with Crippen LogP contribution in [-0.2, 0) is 9.59 Å². The van der Waals surface area contributed by atoms with Crippen LogP contribution in [-0.4, -0.2) is 46.6 Å². The third-order valence-corrected chi connectivity index (χ3v) is 3.54. The first kappa shape index (κ1) is 30.7. The van der Waals surface area contributed by atoms with E-state index in [1.807, 2.05) is 0 Å². The Bertz CT molecular complexity index is 774. The number of ether oxygens (including phenoxy) is 2. The molecule has 0 saturated heterocycles. The molecule has 0 bridgehead atoms. The van der Waals surface area contributed by atoms with Gasteiger partial charge in [-0.25, -0.2) is 0 Å². The first-order valence-electron chi connectivity index (χ1n) is 7.65. The molecule has 0 aliphatic heterocycles. The van der Waals surface area contributed by atoms with Gasteiger partial charge >= 0.3 is 59.1 Å². The first-order chi connectivity index (χ1) is 13.1. The molecule has 2 aromatic carbocycles. The number of aliphatic hydroxyl groups is 2. The summed E-state index contributed by atoms with van der Waals surface area (Å²) in [5, 5.41) is 57.8. The number of carbonyl (C=O) groups excluding carboxylic acids is 2. The molecule has 2 unspecified atom stereocenters. The van der Waals surface area contributed by atoms with Crippen molar-refractivity contribution < 1.29 is 109 Å². The zero-order valence-electron chi connectivity index (χ0n) is 16.9. The van der Waals surface area contributed by atoms with Crippen molar-refractivity contribution in [3.63, 3.8) is 0 Å². The van der Waals surface area contributed by atoms with E-state index < -0.39 is 35.6 Å². The van der Waals surface area contributed by atoms with Gasteiger partial charge in [-0.2, -0.15) is 0 Å². The molecule has 0 amide bonds. The zero-order chi connectivity index (χ0) is 21.4. The zero-order valence-corrected chi connectivity index (χ0v) is 20.9. The molecule has 0 aliphatic rings. The quantitative estimate of drug-likeness (QED) is 0.315. The molecule has 2 rings (SSSR count). The number of phenolic OH excluding ortho intramolecular Hbond substituents is 2. The van der Waals surface area contributed by atoms with Crippen LogP contribution < -0.4 is 78.8 Å². The molecule has 0 saturated carbocycles. The summed E-state index contributed by atoms with van der Waals surface area (Å²) in [5.74, 6) is -3.94. The number of para-hydroxylation sites is 2. The summed E-state index contributed by atoms with van der Waals surface area (Å²) in [6, 6.07) is 8.36. The van der Waals surface area contributed by atoms with E-state index in [4.69, 9.17) is 19.7 Å². The smallest absolute Gasteiger partial charge is 0.547 e. The Morgan fingerprint density at radius 2 is 1.07 bits per heavy atom. The van der Waals surface area contributed by atoms with Gasteiger partial charge in [-0.05, 0) is 12.1 Å². The van der Waals surface area contributed by atoms with Gasteiger partial charge in [0, 0.05) is 11.1 Å².